The Morgan fingerprint density at radius 1 is 0.964 bits per heavy atom. The molecule has 28 heavy (non-hydrogen) atoms. The van der Waals surface area contributed by atoms with Crippen LogP contribution in [0.15, 0.2) is 42.5 Å². The van der Waals surface area contributed by atoms with Crippen molar-refractivity contribution in [2.45, 2.75) is 6.92 Å². The molecule has 0 aliphatic heterocycles. The number of aromatic amines is 1. The number of H-pyrrole nitrogens is 1. The van der Waals surface area contributed by atoms with Crippen LogP contribution in [0.1, 0.15) is 17.1 Å². The van der Waals surface area contributed by atoms with Crippen molar-refractivity contribution in [2.24, 2.45) is 0 Å². The number of hydrogen-bond acceptors (Lipinski definition) is 5. The van der Waals surface area contributed by atoms with Gasteiger partial charge in [-0.1, -0.05) is 36.4 Å². The number of likely N-dealkylation sites (N-methyl/N-ethyl adjacent to an activating group) is 1. The molecule has 2 aromatic heterocycles. The van der Waals surface area contributed by atoms with Crippen molar-refractivity contribution in [1.82, 2.24) is 20.2 Å². The second kappa shape index (κ2) is 8.67. The van der Waals surface area contributed by atoms with E-state index in [0.29, 0.717) is 11.6 Å². The van der Waals surface area contributed by atoms with Crippen LogP contribution in [0.3, 0.4) is 0 Å². The van der Waals surface area contributed by atoms with E-state index in [0.717, 1.165) is 40.5 Å². The van der Waals surface area contributed by atoms with Gasteiger partial charge in [-0.2, -0.15) is 5.10 Å². The number of benzene rings is 1. The third kappa shape index (κ3) is 6.21. The van der Waals surface area contributed by atoms with Crippen LogP contribution in [0.25, 0.3) is 12.2 Å². The molecule has 3 N–H and O–H groups in total. The Balaban J connectivity index is 1.81. The minimum absolute atomic E-state index is 0.633. The summed E-state index contributed by atoms with van der Waals surface area (Å²) in [6.45, 7) is 3.77. The monoisotopic (exact) mass is 378 g/mol. The zero-order chi connectivity index (χ0) is 20.0. The molecule has 3 aromatic rings. The summed E-state index contributed by atoms with van der Waals surface area (Å²) in [4.78, 5) is 9.23. The van der Waals surface area contributed by atoms with Crippen molar-refractivity contribution >= 4 is 29.6 Å². The van der Waals surface area contributed by atoms with Gasteiger partial charge < -0.3 is 15.1 Å². The van der Waals surface area contributed by atoms with Crippen molar-refractivity contribution in [2.75, 3.05) is 44.9 Å². The molecular weight excluding hydrogens is 350 g/mol. The molecule has 7 nitrogen and oxygen atoms in total. The molecule has 3 rings (SSSR count). The zero-order valence-electron chi connectivity index (χ0n) is 16.9. The lowest BCUT2D eigenvalue weighted by atomic mass is 10.2. The van der Waals surface area contributed by atoms with E-state index in [4.69, 9.17) is 0 Å². The molecule has 0 radical (unpaired) electrons. The highest BCUT2D eigenvalue weighted by molar-refractivity contribution is 5.68. The summed E-state index contributed by atoms with van der Waals surface area (Å²) in [6, 6.07) is 14.0. The average molecular weight is 379 g/mol. The van der Waals surface area contributed by atoms with Gasteiger partial charge in [0.1, 0.15) is 11.6 Å². The van der Waals surface area contributed by atoms with Crippen LogP contribution in [0.4, 0.5) is 17.5 Å². The van der Waals surface area contributed by atoms with E-state index in [-0.39, 0.29) is 0 Å². The van der Waals surface area contributed by atoms with Crippen LogP contribution >= 0.6 is 0 Å². The van der Waals surface area contributed by atoms with E-state index < -0.39 is 0 Å². The third-order valence-corrected chi connectivity index (χ3v) is 4.02. The molecule has 0 bridgehead atoms. The number of nitrogens with one attached hydrogen (secondary N) is 3. The fourth-order valence-corrected chi connectivity index (χ4v) is 2.56. The summed E-state index contributed by atoms with van der Waals surface area (Å²) in [6.07, 6.45) is 3.93. The van der Waals surface area contributed by atoms with Gasteiger partial charge in [-0.25, -0.2) is 9.97 Å². The molecule has 0 unspecified atom stereocenters. The van der Waals surface area contributed by atoms with Gasteiger partial charge in [-0.05, 0) is 18.6 Å². The van der Waals surface area contributed by atoms with Crippen molar-refractivity contribution in [3.05, 3.63) is 59.5 Å². The molecule has 0 spiro atoms. The first-order valence-corrected chi connectivity index (χ1v) is 9.33. The molecule has 0 atom stereocenters. The van der Waals surface area contributed by atoms with Gasteiger partial charge in [0.15, 0.2) is 11.6 Å². The fraction of sp³-hybridized carbons (Fsp3) is 0.286. The Hall–Kier alpha value is -3.19. The lowest BCUT2D eigenvalue weighted by molar-refractivity contribution is -0.868. The smallest absolute Gasteiger partial charge is 0.156 e. The number of hydrogen-bond donors (Lipinski definition) is 3. The van der Waals surface area contributed by atoms with Crippen molar-refractivity contribution in [3.63, 3.8) is 0 Å². The number of quaternary nitrogens is 1. The summed E-state index contributed by atoms with van der Waals surface area (Å²) in [7, 11) is 6.51. The SMILES string of the molecule is Cc1cc(Nc2cc(NCC[N+](C)(C)C)nc(/C=C/c3ccccc3)n2)n[nH]1. The van der Waals surface area contributed by atoms with Gasteiger partial charge in [0.2, 0.25) is 0 Å². The molecule has 0 aliphatic carbocycles. The van der Waals surface area contributed by atoms with Gasteiger partial charge in [0, 0.05) is 17.8 Å². The predicted octanol–water partition coefficient (Wildman–Crippen LogP) is 3.54. The number of anilines is 3. The molecule has 0 saturated carbocycles. The first kappa shape index (κ1) is 19.6. The molecule has 0 saturated heterocycles. The standard InChI is InChI=1S/C21H28N7/c1-16-14-21(27-26-16)25-20-15-19(22-12-13-28(2,3)4)23-18(24-20)11-10-17-8-6-5-7-9-17/h5-11,14-15H,12-13H2,1-4H3,(H3,22,23,24,25,26,27)/q+1/b11-10+. The van der Waals surface area contributed by atoms with Gasteiger partial charge >= 0.3 is 0 Å². The summed E-state index contributed by atoms with van der Waals surface area (Å²) in [5.41, 5.74) is 2.09. The number of aryl methyl sites for hydroxylation is 1. The number of aromatic nitrogens is 4. The summed E-state index contributed by atoms with van der Waals surface area (Å²) in [5, 5.41) is 13.8. The minimum atomic E-state index is 0.633. The minimum Gasteiger partial charge on any atom is -0.364 e. The molecule has 0 fully saturated rings. The first-order chi connectivity index (χ1) is 13.4. The maximum Gasteiger partial charge on any atom is 0.156 e. The topological polar surface area (TPSA) is 78.5 Å². The molecule has 2 heterocycles. The van der Waals surface area contributed by atoms with Crippen molar-refractivity contribution < 1.29 is 4.48 Å². The number of rotatable bonds is 8. The maximum atomic E-state index is 4.63. The number of nitrogens with zero attached hydrogens (tertiary/aromatic N) is 4. The van der Waals surface area contributed by atoms with E-state index >= 15 is 0 Å². The molecule has 1 aromatic carbocycles. The lowest BCUT2D eigenvalue weighted by Gasteiger charge is -2.24. The van der Waals surface area contributed by atoms with Gasteiger partial charge in [0.25, 0.3) is 0 Å². The average Bonchev–Trinajstić information content (AvgIpc) is 3.04. The van der Waals surface area contributed by atoms with Crippen LogP contribution < -0.4 is 10.6 Å². The summed E-state index contributed by atoms with van der Waals surface area (Å²) in [5.74, 6) is 2.84. The molecule has 146 valence electrons. The van der Waals surface area contributed by atoms with Crippen molar-refractivity contribution in [3.8, 4) is 0 Å². The van der Waals surface area contributed by atoms with Crippen LogP contribution in [0.2, 0.25) is 0 Å². The Morgan fingerprint density at radius 3 is 2.39 bits per heavy atom. The highest BCUT2D eigenvalue weighted by atomic mass is 15.3. The Kier molecular flexibility index (Phi) is 6.06. The summed E-state index contributed by atoms with van der Waals surface area (Å²) >= 11 is 0. The van der Waals surface area contributed by atoms with E-state index in [1.165, 1.54) is 0 Å². The molecular formula is C21H28N7+. The van der Waals surface area contributed by atoms with Crippen LogP contribution in [0.5, 0.6) is 0 Å². The maximum absolute atomic E-state index is 4.63. The van der Waals surface area contributed by atoms with Gasteiger partial charge in [-0.3, -0.25) is 5.10 Å². The third-order valence-electron chi connectivity index (χ3n) is 4.02. The molecule has 0 aliphatic rings. The van der Waals surface area contributed by atoms with E-state index in [9.17, 15) is 0 Å². The second-order valence-electron chi connectivity index (χ2n) is 7.74. The van der Waals surface area contributed by atoms with Crippen LogP contribution in [-0.2, 0) is 0 Å². The Bertz CT molecular complexity index is 923. The lowest BCUT2D eigenvalue weighted by Crippen LogP contribution is -2.38. The molecule has 0 amide bonds. The van der Waals surface area contributed by atoms with Gasteiger partial charge in [0.05, 0.1) is 34.2 Å². The first-order valence-electron chi connectivity index (χ1n) is 9.33. The Labute approximate surface area is 166 Å². The largest absolute Gasteiger partial charge is 0.364 e. The molecule has 7 heteroatoms. The highest BCUT2D eigenvalue weighted by Gasteiger charge is 2.08. The Morgan fingerprint density at radius 2 is 1.71 bits per heavy atom. The highest BCUT2D eigenvalue weighted by Crippen LogP contribution is 2.18. The van der Waals surface area contributed by atoms with Crippen molar-refractivity contribution in [1.29, 1.82) is 0 Å². The summed E-state index contributed by atoms with van der Waals surface area (Å²) < 4.78 is 0.885. The fourth-order valence-electron chi connectivity index (χ4n) is 2.56. The van der Waals surface area contributed by atoms with Crippen LogP contribution in [0, 0.1) is 6.92 Å². The second-order valence-corrected chi connectivity index (χ2v) is 7.74. The van der Waals surface area contributed by atoms with Crippen LogP contribution in [-0.4, -0.2) is 58.9 Å². The van der Waals surface area contributed by atoms with Gasteiger partial charge in [-0.15, -0.1) is 0 Å². The van der Waals surface area contributed by atoms with E-state index in [1.54, 1.807) is 0 Å². The predicted molar refractivity (Wildman–Crippen MR) is 115 cm³/mol. The van der Waals surface area contributed by atoms with E-state index in [1.807, 2.05) is 61.5 Å². The van der Waals surface area contributed by atoms with E-state index in [2.05, 4.69) is 51.9 Å². The normalized spacial score (nSPS) is 11.7. The zero-order valence-corrected chi connectivity index (χ0v) is 16.9. The quantitative estimate of drug-likeness (QED) is 0.523.